The van der Waals surface area contributed by atoms with Crippen molar-refractivity contribution in [1.82, 2.24) is 20.2 Å². The normalized spacial score (nSPS) is 14.9. The summed E-state index contributed by atoms with van der Waals surface area (Å²) in [5, 5.41) is 5.97. The molecule has 0 bridgehead atoms. The quantitative estimate of drug-likeness (QED) is 0.788. The summed E-state index contributed by atoms with van der Waals surface area (Å²) >= 11 is 6.04. The Morgan fingerprint density at radius 3 is 2.73 bits per heavy atom. The van der Waals surface area contributed by atoms with E-state index in [1.165, 1.54) is 20.0 Å². The van der Waals surface area contributed by atoms with Gasteiger partial charge in [0.25, 0.3) is 5.91 Å². The first-order chi connectivity index (χ1) is 10.7. The van der Waals surface area contributed by atoms with Gasteiger partial charge in [0.05, 0.1) is 7.11 Å². The number of nitrogens with zero attached hydrogens (tertiary/aromatic N) is 3. The van der Waals surface area contributed by atoms with E-state index in [-0.39, 0.29) is 22.6 Å². The summed E-state index contributed by atoms with van der Waals surface area (Å²) in [5.74, 6) is 0.252. The fraction of sp³-hybridized carbons (Fsp3) is 0.643. The van der Waals surface area contributed by atoms with Gasteiger partial charge in [-0.3, -0.25) is 4.79 Å². The van der Waals surface area contributed by atoms with Crippen LogP contribution in [0.5, 0.6) is 5.88 Å². The van der Waals surface area contributed by atoms with Gasteiger partial charge in [-0.1, -0.05) is 11.6 Å². The van der Waals surface area contributed by atoms with Crippen LogP contribution in [-0.4, -0.2) is 60.6 Å². The van der Waals surface area contributed by atoms with Crippen LogP contribution in [-0.2, 0) is 0 Å². The number of carbonyl (C=O) groups is 1. The molecule has 1 aliphatic rings. The van der Waals surface area contributed by atoms with Crippen LogP contribution < -0.4 is 15.4 Å². The van der Waals surface area contributed by atoms with E-state index in [9.17, 15) is 4.79 Å². The standard InChI is InChI=1S/C14H22ClN5O2/c1-3-16-12-11(15)18-10(14(19-12)22-2)13(21)17-6-9-20-7-4-5-8-20/h3-9H2,1-2H3,(H,16,19)(H,17,21). The van der Waals surface area contributed by atoms with Crippen LogP contribution in [0.2, 0.25) is 5.15 Å². The third-order valence-electron chi connectivity index (χ3n) is 3.49. The largest absolute Gasteiger partial charge is 0.479 e. The molecule has 0 aliphatic carbocycles. The Morgan fingerprint density at radius 2 is 2.09 bits per heavy atom. The van der Waals surface area contributed by atoms with E-state index in [1.54, 1.807) is 0 Å². The number of hydrogen-bond acceptors (Lipinski definition) is 6. The molecule has 0 unspecified atom stereocenters. The molecule has 0 radical (unpaired) electrons. The van der Waals surface area contributed by atoms with Crippen molar-refractivity contribution in [2.75, 3.05) is 45.2 Å². The number of methoxy groups -OCH3 is 1. The second kappa shape index (κ2) is 8.14. The van der Waals surface area contributed by atoms with E-state index >= 15 is 0 Å². The van der Waals surface area contributed by atoms with Gasteiger partial charge in [0.15, 0.2) is 16.7 Å². The van der Waals surface area contributed by atoms with Gasteiger partial charge in [-0.05, 0) is 32.9 Å². The van der Waals surface area contributed by atoms with Gasteiger partial charge in [-0.2, -0.15) is 4.98 Å². The number of amides is 1. The number of aromatic nitrogens is 2. The van der Waals surface area contributed by atoms with Crippen LogP contribution >= 0.6 is 11.6 Å². The van der Waals surface area contributed by atoms with E-state index in [0.29, 0.717) is 18.9 Å². The zero-order valence-corrected chi connectivity index (χ0v) is 13.7. The average molecular weight is 328 g/mol. The van der Waals surface area contributed by atoms with Gasteiger partial charge in [0.2, 0.25) is 5.88 Å². The molecule has 1 fully saturated rings. The van der Waals surface area contributed by atoms with Crippen molar-refractivity contribution < 1.29 is 9.53 Å². The number of hydrogen-bond donors (Lipinski definition) is 2. The van der Waals surface area contributed by atoms with Gasteiger partial charge in [0, 0.05) is 19.6 Å². The van der Waals surface area contributed by atoms with Crippen LogP contribution in [0.1, 0.15) is 30.3 Å². The van der Waals surface area contributed by atoms with Crippen molar-refractivity contribution in [2.45, 2.75) is 19.8 Å². The molecule has 2 N–H and O–H groups in total. The molecule has 22 heavy (non-hydrogen) atoms. The molecule has 122 valence electrons. The van der Waals surface area contributed by atoms with Gasteiger partial charge in [-0.25, -0.2) is 4.98 Å². The predicted molar refractivity (Wildman–Crippen MR) is 85.8 cm³/mol. The van der Waals surface area contributed by atoms with Gasteiger partial charge in [0.1, 0.15) is 0 Å². The molecule has 1 aliphatic heterocycles. The van der Waals surface area contributed by atoms with Gasteiger partial charge in [-0.15, -0.1) is 0 Å². The van der Waals surface area contributed by atoms with Crippen LogP contribution in [0.25, 0.3) is 0 Å². The summed E-state index contributed by atoms with van der Waals surface area (Å²) in [4.78, 5) is 22.8. The van der Waals surface area contributed by atoms with Crippen molar-refractivity contribution in [3.63, 3.8) is 0 Å². The Bertz CT molecular complexity index is 520. The molecule has 2 heterocycles. The summed E-state index contributed by atoms with van der Waals surface area (Å²) in [7, 11) is 1.45. The molecule has 0 spiro atoms. The van der Waals surface area contributed by atoms with E-state index in [1.807, 2.05) is 6.92 Å². The molecule has 7 nitrogen and oxygen atoms in total. The van der Waals surface area contributed by atoms with E-state index < -0.39 is 0 Å². The van der Waals surface area contributed by atoms with E-state index in [2.05, 4.69) is 25.5 Å². The first-order valence-corrected chi connectivity index (χ1v) is 7.89. The Balaban J connectivity index is 1.99. The molecule has 1 aromatic rings. The zero-order chi connectivity index (χ0) is 15.9. The lowest BCUT2D eigenvalue weighted by molar-refractivity contribution is 0.0940. The molecule has 1 amide bonds. The van der Waals surface area contributed by atoms with Crippen molar-refractivity contribution in [1.29, 1.82) is 0 Å². The minimum atomic E-state index is -0.325. The maximum absolute atomic E-state index is 12.2. The number of ether oxygens (including phenoxy) is 1. The fourth-order valence-electron chi connectivity index (χ4n) is 2.39. The first kappa shape index (κ1) is 16.8. The molecule has 1 saturated heterocycles. The molecule has 1 aromatic heterocycles. The lowest BCUT2D eigenvalue weighted by Gasteiger charge is -2.15. The maximum atomic E-state index is 12.2. The van der Waals surface area contributed by atoms with Gasteiger partial charge >= 0.3 is 0 Å². The molecular formula is C14H22ClN5O2. The second-order valence-electron chi connectivity index (χ2n) is 5.06. The summed E-state index contributed by atoms with van der Waals surface area (Å²) in [6.07, 6.45) is 2.46. The summed E-state index contributed by atoms with van der Waals surface area (Å²) < 4.78 is 5.14. The van der Waals surface area contributed by atoms with Crippen LogP contribution in [0.3, 0.4) is 0 Å². The fourth-order valence-corrected chi connectivity index (χ4v) is 2.58. The Kier molecular flexibility index (Phi) is 6.21. The summed E-state index contributed by atoms with van der Waals surface area (Å²) in [6.45, 7) is 6.17. The van der Waals surface area contributed by atoms with Crippen LogP contribution in [0.4, 0.5) is 5.82 Å². The lowest BCUT2D eigenvalue weighted by atomic mass is 10.3. The average Bonchev–Trinajstić information content (AvgIpc) is 3.02. The topological polar surface area (TPSA) is 79.4 Å². The lowest BCUT2D eigenvalue weighted by Crippen LogP contribution is -2.34. The Morgan fingerprint density at radius 1 is 1.36 bits per heavy atom. The Labute approximate surface area is 135 Å². The van der Waals surface area contributed by atoms with Crippen LogP contribution in [0, 0.1) is 0 Å². The number of likely N-dealkylation sites (tertiary alicyclic amines) is 1. The third-order valence-corrected chi connectivity index (χ3v) is 3.75. The van der Waals surface area contributed by atoms with Crippen molar-refractivity contribution >= 4 is 23.3 Å². The maximum Gasteiger partial charge on any atom is 0.275 e. The number of nitrogens with one attached hydrogen (secondary N) is 2. The molecule has 8 heteroatoms. The molecule has 0 atom stereocenters. The first-order valence-electron chi connectivity index (χ1n) is 7.51. The number of rotatable bonds is 7. The summed E-state index contributed by atoms with van der Waals surface area (Å²) in [6, 6.07) is 0. The number of halogens is 1. The third kappa shape index (κ3) is 4.20. The number of carbonyl (C=O) groups excluding carboxylic acids is 1. The van der Waals surface area contributed by atoms with E-state index in [4.69, 9.17) is 16.3 Å². The highest BCUT2D eigenvalue weighted by atomic mass is 35.5. The van der Waals surface area contributed by atoms with Crippen molar-refractivity contribution in [3.05, 3.63) is 10.8 Å². The minimum Gasteiger partial charge on any atom is -0.479 e. The predicted octanol–water partition coefficient (Wildman–Crippen LogP) is 1.40. The highest BCUT2D eigenvalue weighted by Gasteiger charge is 2.19. The Hall–Kier alpha value is -1.60. The highest BCUT2D eigenvalue weighted by Crippen LogP contribution is 2.23. The van der Waals surface area contributed by atoms with Crippen molar-refractivity contribution in [3.8, 4) is 5.88 Å². The summed E-state index contributed by atoms with van der Waals surface area (Å²) in [5.41, 5.74) is 0.107. The second-order valence-corrected chi connectivity index (χ2v) is 5.41. The smallest absolute Gasteiger partial charge is 0.275 e. The SMILES string of the molecule is CCNc1nc(OC)c(C(=O)NCCN2CCCC2)nc1Cl. The van der Waals surface area contributed by atoms with Crippen molar-refractivity contribution in [2.24, 2.45) is 0 Å². The van der Waals surface area contributed by atoms with E-state index in [0.717, 1.165) is 19.6 Å². The van der Waals surface area contributed by atoms with Crippen LogP contribution in [0.15, 0.2) is 0 Å². The highest BCUT2D eigenvalue weighted by molar-refractivity contribution is 6.31. The molecule has 2 rings (SSSR count). The molecule has 0 saturated carbocycles. The minimum absolute atomic E-state index is 0.107. The number of anilines is 1. The zero-order valence-electron chi connectivity index (χ0n) is 13.0. The molecule has 0 aromatic carbocycles. The monoisotopic (exact) mass is 327 g/mol. The van der Waals surface area contributed by atoms with Gasteiger partial charge < -0.3 is 20.3 Å². The molecular weight excluding hydrogens is 306 g/mol.